The number of carbonyl (C=O) groups excluding carboxylic acids is 2. The second kappa shape index (κ2) is 8.37. The SMILES string of the molecule is CCN(/C=C/C(=O)C1CCC(C)CN1C(=O)OC(C)(C)C)CC. The van der Waals surface area contributed by atoms with Crippen LogP contribution in [-0.4, -0.2) is 53.0 Å². The second-order valence-corrected chi connectivity index (χ2v) is 7.27. The van der Waals surface area contributed by atoms with Crippen LogP contribution in [0.1, 0.15) is 54.4 Å². The Kier molecular flexibility index (Phi) is 7.10. The summed E-state index contributed by atoms with van der Waals surface area (Å²) >= 11 is 0. The summed E-state index contributed by atoms with van der Waals surface area (Å²) in [6.07, 6.45) is 4.69. The summed E-state index contributed by atoms with van der Waals surface area (Å²) in [5, 5.41) is 0. The van der Waals surface area contributed by atoms with Crippen molar-refractivity contribution in [3.8, 4) is 0 Å². The van der Waals surface area contributed by atoms with Crippen molar-refractivity contribution in [1.29, 1.82) is 0 Å². The number of amides is 1. The van der Waals surface area contributed by atoms with Gasteiger partial charge in [0.2, 0.25) is 0 Å². The molecule has 5 nitrogen and oxygen atoms in total. The number of hydrogen-bond donors (Lipinski definition) is 0. The lowest BCUT2D eigenvalue weighted by Gasteiger charge is -2.38. The molecule has 0 aromatic heterocycles. The number of ketones is 1. The lowest BCUT2D eigenvalue weighted by atomic mass is 9.92. The van der Waals surface area contributed by atoms with Gasteiger partial charge in [-0.3, -0.25) is 9.69 Å². The zero-order valence-corrected chi connectivity index (χ0v) is 15.5. The Bertz CT molecular complexity index is 436. The number of piperidine rings is 1. The van der Waals surface area contributed by atoms with Gasteiger partial charge in [0.25, 0.3) is 0 Å². The number of nitrogens with zero attached hydrogens (tertiary/aromatic N) is 2. The van der Waals surface area contributed by atoms with Crippen LogP contribution in [0, 0.1) is 5.92 Å². The summed E-state index contributed by atoms with van der Waals surface area (Å²) in [5.74, 6) is 0.369. The predicted molar refractivity (Wildman–Crippen MR) is 92.2 cm³/mol. The first kappa shape index (κ1) is 19.5. The normalized spacial score (nSPS) is 22.3. The largest absolute Gasteiger partial charge is 0.444 e. The fourth-order valence-corrected chi connectivity index (χ4v) is 2.70. The zero-order valence-electron chi connectivity index (χ0n) is 15.5. The third kappa shape index (κ3) is 6.24. The lowest BCUT2D eigenvalue weighted by Crippen LogP contribution is -2.51. The standard InChI is InChI=1S/C18H32N2O3/c1-7-19(8-2)12-11-16(21)15-10-9-14(3)13-20(15)17(22)23-18(4,5)6/h11-12,14-15H,7-10,13H2,1-6H3/b12-11+. The average molecular weight is 324 g/mol. The van der Waals surface area contributed by atoms with Crippen LogP contribution in [0.2, 0.25) is 0 Å². The molecule has 1 heterocycles. The fraction of sp³-hybridized carbons (Fsp3) is 0.778. The molecule has 1 aliphatic heterocycles. The molecular weight excluding hydrogens is 292 g/mol. The predicted octanol–water partition coefficient (Wildman–Crippen LogP) is 3.45. The van der Waals surface area contributed by atoms with Gasteiger partial charge < -0.3 is 9.64 Å². The van der Waals surface area contributed by atoms with Gasteiger partial charge in [-0.1, -0.05) is 6.92 Å². The zero-order chi connectivity index (χ0) is 17.6. The monoisotopic (exact) mass is 324 g/mol. The Morgan fingerprint density at radius 1 is 1.22 bits per heavy atom. The Labute approximate surface area is 140 Å². The fourth-order valence-electron chi connectivity index (χ4n) is 2.70. The molecule has 1 aliphatic rings. The molecule has 0 aromatic rings. The van der Waals surface area contributed by atoms with Gasteiger partial charge >= 0.3 is 6.09 Å². The molecular formula is C18H32N2O3. The Balaban J connectivity index is 2.83. The van der Waals surface area contributed by atoms with Gasteiger partial charge in [-0.15, -0.1) is 0 Å². The van der Waals surface area contributed by atoms with Crippen LogP contribution in [0.5, 0.6) is 0 Å². The Morgan fingerprint density at radius 2 is 1.83 bits per heavy atom. The Morgan fingerprint density at radius 3 is 2.35 bits per heavy atom. The van der Waals surface area contributed by atoms with E-state index >= 15 is 0 Å². The molecule has 1 rings (SSSR count). The first-order valence-electron chi connectivity index (χ1n) is 8.63. The minimum absolute atomic E-state index is 0.0188. The van der Waals surface area contributed by atoms with E-state index in [2.05, 4.69) is 11.8 Å². The van der Waals surface area contributed by atoms with Gasteiger partial charge in [0.1, 0.15) is 5.60 Å². The van der Waals surface area contributed by atoms with Crippen molar-refractivity contribution in [2.45, 2.75) is 66.0 Å². The van der Waals surface area contributed by atoms with Crippen LogP contribution >= 0.6 is 0 Å². The van der Waals surface area contributed by atoms with E-state index < -0.39 is 17.7 Å². The number of ether oxygens (including phenoxy) is 1. The topological polar surface area (TPSA) is 49.9 Å². The lowest BCUT2D eigenvalue weighted by molar-refractivity contribution is -0.121. The molecule has 2 unspecified atom stereocenters. The van der Waals surface area contributed by atoms with Gasteiger partial charge in [-0.25, -0.2) is 4.79 Å². The van der Waals surface area contributed by atoms with Gasteiger partial charge in [0, 0.05) is 25.8 Å². The van der Waals surface area contributed by atoms with E-state index in [0.717, 1.165) is 19.5 Å². The third-order valence-corrected chi connectivity index (χ3v) is 4.04. The summed E-state index contributed by atoms with van der Waals surface area (Å²) in [6, 6.07) is -0.409. The minimum Gasteiger partial charge on any atom is -0.444 e. The first-order valence-corrected chi connectivity index (χ1v) is 8.63. The van der Waals surface area contributed by atoms with E-state index in [1.165, 1.54) is 0 Å². The molecule has 2 atom stereocenters. The molecule has 0 spiro atoms. The Hall–Kier alpha value is -1.52. The van der Waals surface area contributed by atoms with Crippen molar-refractivity contribution in [2.24, 2.45) is 5.92 Å². The minimum atomic E-state index is -0.553. The van der Waals surface area contributed by atoms with Gasteiger partial charge in [0.05, 0.1) is 6.04 Å². The summed E-state index contributed by atoms with van der Waals surface area (Å²) in [5.41, 5.74) is -0.553. The van der Waals surface area contributed by atoms with Crippen LogP contribution in [-0.2, 0) is 9.53 Å². The molecule has 0 N–H and O–H groups in total. The maximum Gasteiger partial charge on any atom is 0.410 e. The molecule has 0 aliphatic carbocycles. The molecule has 1 saturated heterocycles. The highest BCUT2D eigenvalue weighted by molar-refractivity contribution is 5.96. The van der Waals surface area contributed by atoms with Crippen LogP contribution in [0.15, 0.2) is 12.3 Å². The summed E-state index contributed by atoms with van der Waals surface area (Å²) in [7, 11) is 0. The highest BCUT2D eigenvalue weighted by Crippen LogP contribution is 2.25. The van der Waals surface area contributed by atoms with Crippen LogP contribution in [0.4, 0.5) is 4.79 Å². The van der Waals surface area contributed by atoms with Gasteiger partial charge in [-0.05, 0) is 59.5 Å². The van der Waals surface area contributed by atoms with Crippen molar-refractivity contribution in [3.63, 3.8) is 0 Å². The number of likely N-dealkylation sites (tertiary alicyclic amines) is 1. The van der Waals surface area contributed by atoms with Crippen molar-refractivity contribution >= 4 is 11.9 Å². The van der Waals surface area contributed by atoms with Crippen LogP contribution < -0.4 is 0 Å². The van der Waals surface area contributed by atoms with E-state index in [9.17, 15) is 9.59 Å². The highest BCUT2D eigenvalue weighted by atomic mass is 16.6. The first-order chi connectivity index (χ1) is 10.7. The third-order valence-electron chi connectivity index (χ3n) is 4.04. The highest BCUT2D eigenvalue weighted by Gasteiger charge is 2.35. The van der Waals surface area contributed by atoms with Crippen molar-refractivity contribution < 1.29 is 14.3 Å². The van der Waals surface area contributed by atoms with Gasteiger partial charge in [-0.2, -0.15) is 0 Å². The number of rotatable bonds is 5. The molecule has 5 heteroatoms. The van der Waals surface area contributed by atoms with Crippen molar-refractivity contribution in [1.82, 2.24) is 9.80 Å². The molecule has 0 bridgehead atoms. The van der Waals surface area contributed by atoms with E-state index in [4.69, 9.17) is 4.74 Å². The van der Waals surface area contributed by atoms with Gasteiger partial charge in [0.15, 0.2) is 5.78 Å². The maximum absolute atomic E-state index is 12.6. The van der Waals surface area contributed by atoms with E-state index in [0.29, 0.717) is 18.9 Å². The molecule has 1 fully saturated rings. The summed E-state index contributed by atoms with van der Waals surface area (Å²) < 4.78 is 5.47. The van der Waals surface area contributed by atoms with Crippen LogP contribution in [0.3, 0.4) is 0 Å². The second-order valence-electron chi connectivity index (χ2n) is 7.27. The number of carbonyl (C=O) groups is 2. The molecule has 0 saturated carbocycles. The molecule has 0 radical (unpaired) electrons. The summed E-state index contributed by atoms with van der Waals surface area (Å²) in [4.78, 5) is 28.7. The molecule has 132 valence electrons. The summed E-state index contributed by atoms with van der Waals surface area (Å²) in [6.45, 7) is 14.0. The van der Waals surface area contributed by atoms with E-state index in [1.807, 2.05) is 40.8 Å². The van der Waals surface area contributed by atoms with E-state index in [1.54, 1.807) is 11.0 Å². The van der Waals surface area contributed by atoms with Crippen molar-refractivity contribution in [3.05, 3.63) is 12.3 Å². The average Bonchev–Trinajstić information content (AvgIpc) is 2.46. The quantitative estimate of drug-likeness (QED) is 0.727. The molecule has 1 amide bonds. The van der Waals surface area contributed by atoms with E-state index in [-0.39, 0.29) is 5.78 Å². The van der Waals surface area contributed by atoms with Crippen molar-refractivity contribution in [2.75, 3.05) is 19.6 Å². The maximum atomic E-state index is 12.6. The molecule has 23 heavy (non-hydrogen) atoms. The molecule has 0 aromatic carbocycles. The smallest absolute Gasteiger partial charge is 0.410 e. The number of hydrogen-bond acceptors (Lipinski definition) is 4. The van der Waals surface area contributed by atoms with Crippen LogP contribution in [0.25, 0.3) is 0 Å².